The average molecular weight is 661 g/mol. The second kappa shape index (κ2) is 13.9. The molecule has 1 heterocycles. The van der Waals surface area contributed by atoms with Gasteiger partial charge in [-0.3, -0.25) is 4.98 Å². The van der Waals surface area contributed by atoms with Crippen LogP contribution in [0.4, 0.5) is 21.5 Å². The maximum Gasteiger partial charge on any atom is 0.316 e. The van der Waals surface area contributed by atoms with Crippen LogP contribution in [0.1, 0.15) is 26.3 Å². The fraction of sp³-hybridized carbons (Fsp3) is 0.154. The third kappa shape index (κ3) is 7.11. The van der Waals surface area contributed by atoms with Crippen LogP contribution in [0.5, 0.6) is 17.2 Å². The Hall–Kier alpha value is -4.85. The summed E-state index contributed by atoms with van der Waals surface area (Å²) in [5.41, 5.74) is 4.33. The summed E-state index contributed by atoms with van der Waals surface area (Å²) < 4.78 is 35.5. The average Bonchev–Trinajstić information content (AvgIpc) is 3.08. The van der Waals surface area contributed by atoms with Gasteiger partial charge in [0.1, 0.15) is 12.4 Å². The monoisotopic (exact) mass is 660 g/mol. The van der Waals surface area contributed by atoms with Crippen molar-refractivity contribution in [2.45, 2.75) is 32.4 Å². The molecule has 0 aliphatic carbocycles. The summed E-state index contributed by atoms with van der Waals surface area (Å²) in [5.74, 6) is 1.02. The number of nitrogens with zero attached hydrogens (tertiary/aromatic N) is 2. The van der Waals surface area contributed by atoms with Gasteiger partial charge in [0.2, 0.25) is 0 Å². The van der Waals surface area contributed by atoms with Crippen molar-refractivity contribution in [1.29, 1.82) is 0 Å². The predicted molar refractivity (Wildman–Crippen MR) is 190 cm³/mol. The lowest BCUT2D eigenvalue weighted by molar-refractivity contribution is 0.285. The number of fused-ring (bicyclic) bond motifs is 1. The molecule has 0 amide bonds. The molecular formula is C39H34ClFN2O3Si. The first kappa shape index (κ1) is 32.1. The number of aromatic nitrogens is 1. The van der Waals surface area contributed by atoms with Gasteiger partial charge in [0, 0.05) is 35.0 Å². The first-order valence-electron chi connectivity index (χ1n) is 15.2. The summed E-state index contributed by atoms with van der Waals surface area (Å²) in [7, 11) is 1.70. The molecule has 0 aliphatic rings. The van der Waals surface area contributed by atoms with Gasteiger partial charge in [-0.15, -0.1) is 0 Å². The quantitative estimate of drug-likeness (QED) is 0.137. The van der Waals surface area contributed by atoms with E-state index in [2.05, 4.69) is 25.8 Å². The molecule has 6 rings (SSSR count). The summed E-state index contributed by atoms with van der Waals surface area (Å²) in [4.78, 5) is 6.55. The van der Waals surface area contributed by atoms with Gasteiger partial charge in [0.05, 0.1) is 29.0 Å². The molecule has 0 saturated heterocycles. The number of rotatable bonds is 10. The number of benzene rings is 5. The Morgan fingerprint density at radius 3 is 2.11 bits per heavy atom. The highest BCUT2D eigenvalue weighted by Crippen LogP contribution is 2.48. The molecule has 47 heavy (non-hydrogen) atoms. The largest absolute Gasteiger partial charge is 0.539 e. The predicted octanol–water partition coefficient (Wildman–Crippen LogP) is 11.0. The lowest BCUT2D eigenvalue weighted by Crippen LogP contribution is -2.17. The third-order valence-corrected chi connectivity index (χ3v) is 8.72. The van der Waals surface area contributed by atoms with Crippen LogP contribution in [0.3, 0.4) is 0 Å². The Kier molecular flexibility index (Phi) is 9.47. The Balaban J connectivity index is 1.55. The molecule has 0 saturated carbocycles. The second-order valence-corrected chi connectivity index (χ2v) is 14.3. The van der Waals surface area contributed by atoms with Crippen molar-refractivity contribution < 1.29 is 18.3 Å². The fourth-order valence-electron chi connectivity index (χ4n) is 5.23. The van der Waals surface area contributed by atoms with Crippen molar-refractivity contribution in [1.82, 2.24) is 4.98 Å². The molecule has 0 N–H and O–H groups in total. The maximum absolute atomic E-state index is 17.1. The second-order valence-electron chi connectivity index (χ2n) is 12.0. The molecule has 0 aliphatic heterocycles. The highest BCUT2D eigenvalue weighted by molar-refractivity contribution is 6.37. The van der Waals surface area contributed by atoms with E-state index in [4.69, 9.17) is 25.5 Å². The SMILES string of the molecule is COc1cc2c(N(c3ccccc3)c3cc(O[Si]C(C)(C)C)c(Cl)c(-c4ccccc4)c3F)ccnc2cc1OCc1ccccc1. The number of methoxy groups -OCH3 is 1. The van der Waals surface area contributed by atoms with E-state index in [-0.39, 0.29) is 31.1 Å². The van der Waals surface area contributed by atoms with Crippen molar-refractivity contribution >= 4 is 49.3 Å². The topological polar surface area (TPSA) is 43.8 Å². The van der Waals surface area contributed by atoms with Gasteiger partial charge in [-0.2, -0.15) is 0 Å². The molecule has 236 valence electrons. The normalized spacial score (nSPS) is 11.4. The van der Waals surface area contributed by atoms with E-state index in [0.717, 1.165) is 16.6 Å². The third-order valence-electron chi connectivity index (χ3n) is 7.41. The molecule has 0 spiro atoms. The van der Waals surface area contributed by atoms with Gasteiger partial charge < -0.3 is 18.8 Å². The Bertz CT molecular complexity index is 1990. The van der Waals surface area contributed by atoms with E-state index in [1.165, 1.54) is 0 Å². The lowest BCUT2D eigenvalue weighted by atomic mass is 10.0. The minimum atomic E-state index is -0.476. The van der Waals surface area contributed by atoms with Gasteiger partial charge in [-0.1, -0.05) is 111 Å². The first-order chi connectivity index (χ1) is 22.7. The minimum absolute atomic E-state index is 0.0936. The number of para-hydroxylation sites is 1. The summed E-state index contributed by atoms with van der Waals surface area (Å²) >= 11 is 6.95. The van der Waals surface area contributed by atoms with Crippen LogP contribution in [-0.4, -0.2) is 21.9 Å². The van der Waals surface area contributed by atoms with Crippen molar-refractivity contribution in [3.05, 3.63) is 138 Å². The molecule has 0 fully saturated rings. The summed E-state index contributed by atoms with van der Waals surface area (Å²) in [6.07, 6.45) is 1.71. The molecule has 8 heteroatoms. The maximum atomic E-state index is 17.1. The molecule has 5 aromatic carbocycles. The molecule has 2 radical (unpaired) electrons. The van der Waals surface area contributed by atoms with Crippen LogP contribution in [0.25, 0.3) is 22.0 Å². The van der Waals surface area contributed by atoms with Crippen molar-refractivity contribution in [2.24, 2.45) is 0 Å². The van der Waals surface area contributed by atoms with Crippen LogP contribution in [0, 0.1) is 5.82 Å². The Morgan fingerprint density at radius 1 is 0.787 bits per heavy atom. The zero-order valence-corrected chi connectivity index (χ0v) is 28.4. The van der Waals surface area contributed by atoms with E-state index >= 15 is 4.39 Å². The Morgan fingerprint density at radius 2 is 1.45 bits per heavy atom. The van der Waals surface area contributed by atoms with Gasteiger partial charge >= 0.3 is 9.76 Å². The van der Waals surface area contributed by atoms with E-state index in [1.807, 2.05) is 114 Å². The highest BCUT2D eigenvalue weighted by atomic mass is 35.5. The summed E-state index contributed by atoms with van der Waals surface area (Å²) in [6.45, 7) is 6.64. The van der Waals surface area contributed by atoms with Crippen LogP contribution in [-0.2, 0) is 6.61 Å². The number of hydrogen-bond donors (Lipinski definition) is 0. The number of anilines is 3. The number of halogens is 2. The molecule has 6 aromatic rings. The standard InChI is InChI=1S/C39H34ClFN2O3Si/c1-39(2,3)47-46-35-24-32(38(41)36(37(35)40)27-16-10-6-11-17-27)43(28-18-12-7-13-19-28)31-20-21-42-30-23-34(33(44-4)22-29(30)31)45-25-26-14-8-5-9-15-26/h5-24H,25H2,1-4H3. The van der Waals surface area contributed by atoms with Gasteiger partial charge in [0.25, 0.3) is 0 Å². The zero-order chi connectivity index (χ0) is 33.0. The van der Waals surface area contributed by atoms with Gasteiger partial charge in [0.15, 0.2) is 17.3 Å². The lowest BCUT2D eigenvalue weighted by Gasteiger charge is -2.29. The summed E-state index contributed by atoms with van der Waals surface area (Å²) in [5, 5.41) is 0.848. The van der Waals surface area contributed by atoms with E-state index in [1.54, 1.807) is 19.4 Å². The van der Waals surface area contributed by atoms with E-state index in [0.29, 0.717) is 40.6 Å². The molecule has 0 atom stereocenters. The molecule has 5 nitrogen and oxygen atoms in total. The Labute approximate surface area is 282 Å². The zero-order valence-electron chi connectivity index (χ0n) is 26.6. The van der Waals surface area contributed by atoms with Gasteiger partial charge in [-0.05, 0) is 40.4 Å². The van der Waals surface area contributed by atoms with Crippen molar-refractivity contribution in [3.8, 4) is 28.4 Å². The number of hydrogen-bond acceptors (Lipinski definition) is 5. The molecule has 0 bridgehead atoms. The van der Waals surface area contributed by atoms with E-state index in [9.17, 15) is 0 Å². The summed E-state index contributed by atoms with van der Waals surface area (Å²) in [6, 6.07) is 36.2. The van der Waals surface area contributed by atoms with Crippen LogP contribution >= 0.6 is 11.6 Å². The minimum Gasteiger partial charge on any atom is -0.539 e. The molecule has 0 unspecified atom stereocenters. The highest BCUT2D eigenvalue weighted by Gasteiger charge is 2.27. The van der Waals surface area contributed by atoms with Gasteiger partial charge in [-0.25, -0.2) is 4.39 Å². The molecular weight excluding hydrogens is 627 g/mol. The van der Waals surface area contributed by atoms with Crippen LogP contribution < -0.4 is 18.8 Å². The van der Waals surface area contributed by atoms with Crippen LogP contribution in [0.2, 0.25) is 10.1 Å². The number of ether oxygens (including phenoxy) is 2. The van der Waals surface area contributed by atoms with Crippen molar-refractivity contribution in [3.63, 3.8) is 0 Å². The fourth-order valence-corrected chi connectivity index (χ4v) is 6.16. The van der Waals surface area contributed by atoms with Crippen LogP contribution in [0.15, 0.2) is 121 Å². The number of pyridine rings is 1. The smallest absolute Gasteiger partial charge is 0.316 e. The molecule has 1 aromatic heterocycles. The van der Waals surface area contributed by atoms with E-state index < -0.39 is 5.82 Å². The van der Waals surface area contributed by atoms with Crippen molar-refractivity contribution in [2.75, 3.05) is 12.0 Å². The first-order valence-corrected chi connectivity index (χ1v) is 16.5.